The van der Waals surface area contributed by atoms with Gasteiger partial charge in [0, 0.05) is 11.4 Å². The number of aromatic nitrogens is 1. The fourth-order valence-electron chi connectivity index (χ4n) is 1.48. The monoisotopic (exact) mass is 169 g/mol. The highest BCUT2D eigenvalue weighted by molar-refractivity contribution is 5.15. The molecule has 1 heterocycles. The summed E-state index contributed by atoms with van der Waals surface area (Å²) in [5.41, 5.74) is 2.14. The second-order valence-corrected chi connectivity index (χ2v) is 3.01. The molecular formula is C9H15NO2. The number of aryl methyl sites for hydroxylation is 2. The van der Waals surface area contributed by atoms with E-state index in [1.165, 1.54) is 0 Å². The number of nitrogens with zero attached hydrogens (tertiary/aromatic N) is 1. The van der Waals surface area contributed by atoms with Crippen LogP contribution in [0.4, 0.5) is 0 Å². The molecule has 68 valence electrons. The fraction of sp³-hybridized carbons (Fsp3) is 0.556. The highest BCUT2D eigenvalue weighted by Gasteiger charge is 2.11. The molecule has 0 saturated carbocycles. The minimum Gasteiger partial charge on any atom is -0.394 e. The first-order chi connectivity index (χ1) is 5.70. The van der Waals surface area contributed by atoms with Gasteiger partial charge in [-0.2, -0.15) is 0 Å². The van der Waals surface area contributed by atoms with E-state index in [4.69, 9.17) is 10.2 Å². The van der Waals surface area contributed by atoms with Gasteiger partial charge in [0.25, 0.3) is 0 Å². The van der Waals surface area contributed by atoms with Crippen molar-refractivity contribution in [2.75, 3.05) is 13.2 Å². The maximum Gasteiger partial charge on any atom is 0.0797 e. The summed E-state index contributed by atoms with van der Waals surface area (Å²) in [7, 11) is 0. The largest absolute Gasteiger partial charge is 0.394 e. The Morgan fingerprint density at radius 3 is 1.92 bits per heavy atom. The van der Waals surface area contributed by atoms with Crippen molar-refractivity contribution in [3.05, 3.63) is 23.5 Å². The van der Waals surface area contributed by atoms with Crippen molar-refractivity contribution in [3.63, 3.8) is 0 Å². The third-order valence-corrected chi connectivity index (χ3v) is 2.11. The van der Waals surface area contributed by atoms with Gasteiger partial charge in [0.05, 0.1) is 19.3 Å². The molecule has 12 heavy (non-hydrogen) atoms. The van der Waals surface area contributed by atoms with Gasteiger partial charge in [-0.3, -0.25) is 0 Å². The maximum absolute atomic E-state index is 8.97. The van der Waals surface area contributed by atoms with E-state index < -0.39 is 0 Å². The van der Waals surface area contributed by atoms with Gasteiger partial charge in [0.1, 0.15) is 0 Å². The first-order valence-corrected chi connectivity index (χ1v) is 4.07. The van der Waals surface area contributed by atoms with E-state index >= 15 is 0 Å². The van der Waals surface area contributed by atoms with Crippen LogP contribution in [-0.2, 0) is 0 Å². The Bertz CT molecular complexity index is 232. The van der Waals surface area contributed by atoms with Crippen LogP contribution in [0.5, 0.6) is 0 Å². The summed E-state index contributed by atoms with van der Waals surface area (Å²) in [5, 5.41) is 17.9. The quantitative estimate of drug-likeness (QED) is 0.697. The number of aliphatic hydroxyl groups excluding tert-OH is 2. The molecule has 0 radical (unpaired) electrons. The van der Waals surface area contributed by atoms with E-state index in [1.54, 1.807) is 0 Å². The molecule has 1 rings (SSSR count). The Balaban J connectivity index is 2.98. The average molecular weight is 169 g/mol. The van der Waals surface area contributed by atoms with Gasteiger partial charge in [-0.1, -0.05) is 0 Å². The third kappa shape index (κ3) is 1.52. The van der Waals surface area contributed by atoms with Crippen molar-refractivity contribution in [1.29, 1.82) is 0 Å². The van der Waals surface area contributed by atoms with E-state index in [9.17, 15) is 0 Å². The molecule has 0 aliphatic heterocycles. The molecule has 0 atom stereocenters. The van der Waals surface area contributed by atoms with Crippen LogP contribution in [0.1, 0.15) is 17.4 Å². The Morgan fingerprint density at radius 2 is 1.58 bits per heavy atom. The van der Waals surface area contributed by atoms with Crippen molar-refractivity contribution in [1.82, 2.24) is 4.57 Å². The molecular weight excluding hydrogens is 154 g/mol. The molecule has 3 nitrogen and oxygen atoms in total. The van der Waals surface area contributed by atoms with Crippen LogP contribution in [0.3, 0.4) is 0 Å². The Kier molecular flexibility index (Phi) is 2.89. The van der Waals surface area contributed by atoms with Crippen LogP contribution >= 0.6 is 0 Å². The van der Waals surface area contributed by atoms with Gasteiger partial charge >= 0.3 is 0 Å². The zero-order chi connectivity index (χ0) is 9.14. The van der Waals surface area contributed by atoms with Gasteiger partial charge < -0.3 is 14.8 Å². The lowest BCUT2D eigenvalue weighted by Crippen LogP contribution is -2.19. The number of aliphatic hydroxyl groups is 2. The molecule has 0 bridgehead atoms. The topological polar surface area (TPSA) is 45.4 Å². The molecule has 3 heteroatoms. The van der Waals surface area contributed by atoms with Crippen LogP contribution in [0.2, 0.25) is 0 Å². The molecule has 1 aromatic rings. The SMILES string of the molecule is Cc1ccc(C)n1C(CO)CO. The summed E-state index contributed by atoms with van der Waals surface area (Å²) >= 11 is 0. The van der Waals surface area contributed by atoms with Crippen LogP contribution in [0, 0.1) is 13.8 Å². The summed E-state index contributed by atoms with van der Waals surface area (Å²) in [4.78, 5) is 0. The summed E-state index contributed by atoms with van der Waals surface area (Å²) < 4.78 is 1.94. The van der Waals surface area contributed by atoms with Gasteiger partial charge in [-0.05, 0) is 26.0 Å². The zero-order valence-corrected chi connectivity index (χ0v) is 7.49. The number of rotatable bonds is 3. The van der Waals surface area contributed by atoms with Gasteiger partial charge in [-0.15, -0.1) is 0 Å². The lowest BCUT2D eigenvalue weighted by Gasteiger charge is -2.17. The number of hydrogen-bond donors (Lipinski definition) is 2. The molecule has 0 spiro atoms. The first-order valence-electron chi connectivity index (χ1n) is 4.07. The molecule has 0 amide bonds. The van der Waals surface area contributed by atoms with Crippen LogP contribution in [0.25, 0.3) is 0 Å². The maximum atomic E-state index is 8.97. The fourth-order valence-corrected chi connectivity index (χ4v) is 1.48. The summed E-state index contributed by atoms with van der Waals surface area (Å²) in [6, 6.07) is 3.77. The zero-order valence-electron chi connectivity index (χ0n) is 7.49. The van der Waals surface area contributed by atoms with Crippen molar-refractivity contribution >= 4 is 0 Å². The van der Waals surface area contributed by atoms with E-state index in [2.05, 4.69) is 0 Å². The highest BCUT2D eigenvalue weighted by atomic mass is 16.3. The molecule has 0 fully saturated rings. The lowest BCUT2D eigenvalue weighted by atomic mass is 10.3. The van der Waals surface area contributed by atoms with E-state index in [1.807, 2.05) is 30.5 Å². The Hall–Kier alpha value is -0.800. The van der Waals surface area contributed by atoms with Gasteiger partial charge in [0.2, 0.25) is 0 Å². The minimum absolute atomic E-state index is 0.0210. The molecule has 1 aromatic heterocycles. The second-order valence-electron chi connectivity index (χ2n) is 3.01. The predicted molar refractivity (Wildman–Crippen MR) is 47.1 cm³/mol. The molecule has 0 aromatic carbocycles. The van der Waals surface area contributed by atoms with Crippen LogP contribution < -0.4 is 0 Å². The van der Waals surface area contributed by atoms with E-state index in [0.29, 0.717) is 0 Å². The van der Waals surface area contributed by atoms with Crippen LogP contribution in [-0.4, -0.2) is 28.0 Å². The third-order valence-electron chi connectivity index (χ3n) is 2.11. The first kappa shape index (κ1) is 9.29. The van der Waals surface area contributed by atoms with Crippen molar-refractivity contribution < 1.29 is 10.2 Å². The molecule has 0 saturated heterocycles. The molecule has 0 aliphatic carbocycles. The standard InChI is InChI=1S/C9H15NO2/c1-7-3-4-8(2)10(7)9(5-11)6-12/h3-4,9,11-12H,5-6H2,1-2H3. The minimum atomic E-state index is -0.194. The highest BCUT2D eigenvalue weighted by Crippen LogP contribution is 2.14. The smallest absolute Gasteiger partial charge is 0.0797 e. The Labute approximate surface area is 72.3 Å². The van der Waals surface area contributed by atoms with Gasteiger partial charge in [0.15, 0.2) is 0 Å². The lowest BCUT2D eigenvalue weighted by molar-refractivity contribution is 0.152. The van der Waals surface area contributed by atoms with E-state index in [-0.39, 0.29) is 19.3 Å². The predicted octanol–water partition coefficient (Wildman–Crippen LogP) is 0.631. The van der Waals surface area contributed by atoms with Crippen molar-refractivity contribution in [2.24, 2.45) is 0 Å². The molecule has 2 N–H and O–H groups in total. The van der Waals surface area contributed by atoms with Gasteiger partial charge in [-0.25, -0.2) is 0 Å². The average Bonchev–Trinajstić information content (AvgIpc) is 2.38. The van der Waals surface area contributed by atoms with E-state index in [0.717, 1.165) is 11.4 Å². The summed E-state index contributed by atoms with van der Waals surface area (Å²) in [6.07, 6.45) is 0. The number of hydrogen-bond acceptors (Lipinski definition) is 2. The molecule has 0 unspecified atom stereocenters. The van der Waals surface area contributed by atoms with Crippen LogP contribution in [0.15, 0.2) is 12.1 Å². The Morgan fingerprint density at radius 1 is 1.17 bits per heavy atom. The van der Waals surface area contributed by atoms with Crippen molar-refractivity contribution in [2.45, 2.75) is 19.9 Å². The van der Waals surface area contributed by atoms with Crippen molar-refractivity contribution in [3.8, 4) is 0 Å². The molecule has 0 aliphatic rings. The summed E-state index contributed by atoms with van der Waals surface area (Å²) in [5.74, 6) is 0. The normalized spacial score (nSPS) is 11.1. The summed E-state index contributed by atoms with van der Waals surface area (Å²) in [6.45, 7) is 3.89. The second kappa shape index (κ2) is 3.74.